The average molecular weight is 454 g/mol. The maximum atomic E-state index is 12.8. The van der Waals surface area contributed by atoms with E-state index in [-0.39, 0.29) is 11.1 Å². The number of halogens is 1. The van der Waals surface area contributed by atoms with Crippen LogP contribution in [0.4, 0.5) is 0 Å². The normalized spacial score (nSPS) is 20.1. The molecule has 0 bridgehead atoms. The average Bonchev–Trinajstić information content (AvgIpc) is 2.86. The van der Waals surface area contributed by atoms with E-state index < -0.39 is 37.6 Å². The number of hydrogen-bond donors (Lipinski definition) is 1. The van der Waals surface area contributed by atoms with Gasteiger partial charge in [-0.2, -0.15) is 8.42 Å². The Bertz CT molecular complexity index is 1080. The van der Waals surface area contributed by atoms with Gasteiger partial charge in [0.25, 0.3) is 0 Å². The molecule has 1 atom stereocenters. The Labute approximate surface area is 175 Å². The first kappa shape index (κ1) is 20.6. The number of ether oxygens (including phenoxy) is 1. The van der Waals surface area contributed by atoms with Crippen molar-refractivity contribution < 1.29 is 22.1 Å². The van der Waals surface area contributed by atoms with Gasteiger partial charge in [-0.15, -0.1) is 0 Å². The molecule has 0 unspecified atom stereocenters. The van der Waals surface area contributed by atoms with E-state index in [1.807, 2.05) is 0 Å². The minimum atomic E-state index is -4.75. The molecule has 0 fully saturated rings. The zero-order chi connectivity index (χ0) is 20.7. The Morgan fingerprint density at radius 2 is 1.75 bits per heavy atom. The number of rotatable bonds is 5. The van der Waals surface area contributed by atoms with Crippen LogP contribution in [0.15, 0.2) is 70.7 Å². The molecule has 2 aromatic carbocycles. The van der Waals surface area contributed by atoms with Gasteiger partial charge >= 0.3 is 10.1 Å². The molecule has 28 heavy (non-hydrogen) atoms. The summed E-state index contributed by atoms with van der Waals surface area (Å²) >= 11 is 3.26. The Balaban J connectivity index is 1.94. The molecule has 0 saturated heterocycles. The second-order valence-corrected chi connectivity index (χ2v) is 8.73. The van der Waals surface area contributed by atoms with Crippen molar-refractivity contribution in [1.82, 2.24) is 0 Å². The van der Waals surface area contributed by atoms with Crippen LogP contribution in [0.3, 0.4) is 0 Å². The highest BCUT2D eigenvalue weighted by Crippen LogP contribution is 2.38. The predicted molar refractivity (Wildman–Crippen MR) is 109 cm³/mol. The van der Waals surface area contributed by atoms with Gasteiger partial charge in [-0.25, -0.2) is 0 Å². The van der Waals surface area contributed by atoms with Gasteiger partial charge in [-0.1, -0.05) is 58.4 Å². The molecule has 1 aliphatic heterocycles. The first-order valence-corrected chi connectivity index (χ1v) is 10.0. The van der Waals surface area contributed by atoms with E-state index in [0.29, 0.717) is 4.47 Å². The fraction of sp³-hybridized carbons (Fsp3) is 0.118. The molecule has 6 nitrogen and oxygen atoms in total. The fourth-order valence-electron chi connectivity index (χ4n) is 2.56. The molecule has 2 N–H and O–H groups in total. The summed E-state index contributed by atoms with van der Waals surface area (Å²) in [5.74, 6) is -2.38. The summed E-state index contributed by atoms with van der Waals surface area (Å²) in [6.45, 7) is 0. The Morgan fingerprint density at radius 3 is 2.36 bits per heavy atom. The third-order valence-electron chi connectivity index (χ3n) is 4.12. The molecule has 0 saturated carbocycles. The minimum absolute atomic E-state index is 0.0477. The molecule has 6 radical (unpaired) electrons. The molecule has 0 aliphatic carbocycles. The molecule has 1 heterocycles. The van der Waals surface area contributed by atoms with Crippen LogP contribution >= 0.6 is 15.9 Å². The molecule has 11 heteroatoms. The molecule has 2 aromatic rings. The SMILES string of the molecule is [B]C([B])(c1ccccc1)S(=O)(=O)OC1=C(N)O[C@@]([B])(c2cccc(Br)c2)C1=O. The van der Waals surface area contributed by atoms with Gasteiger partial charge in [0.05, 0.1) is 20.2 Å². The lowest BCUT2D eigenvalue weighted by Crippen LogP contribution is -2.40. The maximum absolute atomic E-state index is 12.8. The zero-order valence-electron chi connectivity index (χ0n) is 14.3. The molecular formula is C17H11B3BrNO5S. The van der Waals surface area contributed by atoms with Crippen LogP contribution in [0, 0.1) is 0 Å². The Hall–Kier alpha value is -2.13. The summed E-state index contributed by atoms with van der Waals surface area (Å²) in [5.41, 5.74) is 3.91. The quantitative estimate of drug-likeness (QED) is 0.536. The number of Topliss-reactive ketones (excluding diaryl/α,β-unsaturated/α-hetero) is 1. The maximum Gasteiger partial charge on any atom is 0.302 e. The summed E-state index contributed by atoms with van der Waals surface area (Å²) in [6, 6.07) is 13.9. The molecule has 0 amide bonds. The topological polar surface area (TPSA) is 95.7 Å². The number of nitrogens with two attached hydrogens (primary N) is 1. The van der Waals surface area contributed by atoms with Crippen LogP contribution in [0.2, 0.25) is 0 Å². The van der Waals surface area contributed by atoms with Gasteiger partial charge in [0.2, 0.25) is 17.4 Å². The first-order chi connectivity index (χ1) is 13.0. The van der Waals surface area contributed by atoms with E-state index in [2.05, 4.69) is 15.9 Å². The van der Waals surface area contributed by atoms with Crippen molar-refractivity contribution in [3.05, 3.63) is 81.8 Å². The molecule has 136 valence electrons. The fourth-order valence-corrected chi connectivity index (χ4v) is 3.90. The summed E-state index contributed by atoms with van der Waals surface area (Å²) in [6.07, 6.45) is 0. The van der Waals surface area contributed by atoms with Crippen molar-refractivity contribution in [2.75, 3.05) is 0 Å². The van der Waals surface area contributed by atoms with Gasteiger partial charge in [0.1, 0.15) is 7.85 Å². The van der Waals surface area contributed by atoms with E-state index in [4.69, 9.17) is 38.2 Å². The summed E-state index contributed by atoms with van der Waals surface area (Å²) in [5, 5.41) is 0. The van der Waals surface area contributed by atoms with Crippen molar-refractivity contribution in [2.45, 2.75) is 10.0 Å². The lowest BCUT2D eigenvalue weighted by molar-refractivity contribution is -0.126. The number of ketones is 1. The number of hydrogen-bond acceptors (Lipinski definition) is 6. The highest BCUT2D eigenvalue weighted by atomic mass is 79.9. The van der Waals surface area contributed by atoms with E-state index in [0.717, 1.165) is 0 Å². The molecule has 3 rings (SSSR count). The molecule has 0 aromatic heterocycles. The number of benzene rings is 2. The summed E-state index contributed by atoms with van der Waals surface area (Å²) in [4.78, 5) is 12.8. The first-order valence-electron chi connectivity index (χ1n) is 7.85. The summed E-state index contributed by atoms with van der Waals surface area (Å²) < 4.78 is 33.7. The second-order valence-electron chi connectivity index (χ2n) is 6.07. The Morgan fingerprint density at radius 1 is 1.11 bits per heavy atom. The zero-order valence-corrected chi connectivity index (χ0v) is 16.7. The molecule has 1 aliphatic rings. The van der Waals surface area contributed by atoms with Crippen molar-refractivity contribution in [3.63, 3.8) is 0 Å². The van der Waals surface area contributed by atoms with E-state index >= 15 is 0 Å². The number of carbonyl (C=O) groups excluding carboxylic acids is 1. The third kappa shape index (κ3) is 3.37. The Kier molecular flexibility index (Phi) is 5.18. The third-order valence-corrected chi connectivity index (χ3v) is 6.07. The lowest BCUT2D eigenvalue weighted by Gasteiger charge is -2.26. The van der Waals surface area contributed by atoms with Crippen LogP contribution in [0.25, 0.3) is 0 Å². The van der Waals surface area contributed by atoms with Crippen molar-refractivity contribution in [3.8, 4) is 0 Å². The van der Waals surface area contributed by atoms with Gasteiger partial charge in [0.15, 0.2) is 5.50 Å². The monoisotopic (exact) mass is 453 g/mol. The second kappa shape index (κ2) is 7.04. The van der Waals surface area contributed by atoms with Gasteiger partial charge in [-0.05, 0) is 23.3 Å². The van der Waals surface area contributed by atoms with Gasteiger partial charge in [0, 0.05) is 4.47 Å². The molecule has 0 spiro atoms. The van der Waals surface area contributed by atoms with Crippen LogP contribution in [-0.4, -0.2) is 37.7 Å². The predicted octanol–water partition coefficient (Wildman–Crippen LogP) is 0.991. The molecular weight excluding hydrogens is 443 g/mol. The van der Waals surface area contributed by atoms with Crippen molar-refractivity contribution >= 4 is 55.4 Å². The van der Waals surface area contributed by atoms with Crippen LogP contribution < -0.4 is 5.73 Å². The van der Waals surface area contributed by atoms with Crippen molar-refractivity contribution in [2.24, 2.45) is 5.73 Å². The van der Waals surface area contributed by atoms with Gasteiger partial charge in [-0.3, -0.25) is 4.79 Å². The van der Waals surface area contributed by atoms with Crippen LogP contribution in [-0.2, 0) is 33.9 Å². The standard InChI is InChI=1S/C17H11B3BrNO5S/c18-16(11-7-4-8-12(21)9-11)14(23)13(15(22)26-16)27-28(24,25)17(19,20)10-5-2-1-3-6-10/h1-9H,22H2/t16-/m0/s1. The number of carbonyl (C=O) groups is 1. The smallest absolute Gasteiger partial charge is 0.302 e. The minimum Gasteiger partial charge on any atom is -0.467 e. The van der Waals surface area contributed by atoms with Gasteiger partial charge < -0.3 is 14.7 Å². The summed E-state index contributed by atoms with van der Waals surface area (Å²) in [7, 11) is 12.9. The highest BCUT2D eigenvalue weighted by Gasteiger charge is 2.50. The van der Waals surface area contributed by atoms with Crippen molar-refractivity contribution in [1.29, 1.82) is 0 Å². The van der Waals surface area contributed by atoms with Crippen LogP contribution in [0.5, 0.6) is 0 Å². The van der Waals surface area contributed by atoms with E-state index in [1.165, 1.54) is 24.3 Å². The largest absolute Gasteiger partial charge is 0.467 e. The van der Waals surface area contributed by atoms with E-state index in [1.54, 1.807) is 30.3 Å². The van der Waals surface area contributed by atoms with Crippen LogP contribution in [0.1, 0.15) is 11.1 Å². The highest BCUT2D eigenvalue weighted by molar-refractivity contribution is 9.10. The lowest BCUT2D eigenvalue weighted by atomic mass is 9.65. The van der Waals surface area contributed by atoms with E-state index in [9.17, 15) is 13.2 Å².